The topological polar surface area (TPSA) is 64.6 Å². The van der Waals surface area contributed by atoms with Crippen LogP contribution in [0, 0.1) is 5.92 Å². The molecule has 3 rings (SSSR count). The number of carbonyl (C=O) groups excluding carboxylic acids is 2. The van der Waals surface area contributed by atoms with E-state index in [1.165, 1.54) is 35.6 Å². The van der Waals surface area contributed by atoms with Gasteiger partial charge in [0.1, 0.15) is 10.8 Å². The zero-order valence-electron chi connectivity index (χ0n) is 15.6. The van der Waals surface area contributed by atoms with E-state index in [2.05, 4.69) is 17.0 Å². The summed E-state index contributed by atoms with van der Waals surface area (Å²) in [6.07, 6.45) is 2.62. The fraction of sp³-hybridized carbons (Fsp3) is 0.400. The number of thiophene rings is 1. The highest BCUT2D eigenvalue weighted by Crippen LogP contribution is 2.40. The van der Waals surface area contributed by atoms with E-state index >= 15 is 0 Å². The Balaban J connectivity index is 1.84. The third kappa shape index (κ3) is 4.49. The molecule has 8 heteroatoms. The van der Waals surface area contributed by atoms with E-state index in [0.717, 1.165) is 29.7 Å². The van der Waals surface area contributed by atoms with Crippen LogP contribution in [0.15, 0.2) is 24.3 Å². The molecule has 0 saturated carbocycles. The molecule has 0 aliphatic heterocycles. The quantitative estimate of drug-likeness (QED) is 0.689. The van der Waals surface area contributed by atoms with Gasteiger partial charge in [0.05, 0.1) is 12.2 Å². The van der Waals surface area contributed by atoms with Crippen molar-refractivity contribution < 1.29 is 27.8 Å². The monoisotopic (exact) mass is 409 g/mol. The Hall–Kier alpha value is -2.48. The predicted octanol–water partition coefficient (Wildman–Crippen LogP) is 4.90. The van der Waals surface area contributed by atoms with Crippen LogP contribution in [0.4, 0.5) is 13.8 Å². The lowest BCUT2D eigenvalue weighted by Crippen LogP contribution is -2.16. The Morgan fingerprint density at radius 3 is 2.64 bits per heavy atom. The maximum atomic E-state index is 12.6. The van der Waals surface area contributed by atoms with Gasteiger partial charge in [-0.1, -0.05) is 6.92 Å². The molecule has 1 aromatic carbocycles. The number of ether oxygens (including phenoxy) is 2. The summed E-state index contributed by atoms with van der Waals surface area (Å²) < 4.78 is 34.0. The minimum atomic E-state index is -2.92. The van der Waals surface area contributed by atoms with Gasteiger partial charge in [-0.05, 0) is 61.9 Å². The molecule has 0 saturated heterocycles. The van der Waals surface area contributed by atoms with E-state index in [-0.39, 0.29) is 17.9 Å². The van der Waals surface area contributed by atoms with Gasteiger partial charge in [-0.3, -0.25) is 4.79 Å². The molecule has 0 radical (unpaired) electrons. The number of amides is 1. The molecule has 2 aromatic rings. The van der Waals surface area contributed by atoms with Crippen molar-refractivity contribution in [3.8, 4) is 5.75 Å². The number of rotatable bonds is 6. The van der Waals surface area contributed by atoms with Crippen molar-refractivity contribution in [1.29, 1.82) is 0 Å². The molecule has 0 fully saturated rings. The SMILES string of the molecule is CCOC(=O)c1c(NC(=O)c2ccc(OC(F)F)cc2)sc2c1CC[C@@H](C)C2. The molecule has 1 aliphatic rings. The molecule has 0 spiro atoms. The van der Waals surface area contributed by atoms with E-state index in [9.17, 15) is 18.4 Å². The van der Waals surface area contributed by atoms with Gasteiger partial charge in [-0.15, -0.1) is 11.3 Å². The summed E-state index contributed by atoms with van der Waals surface area (Å²) in [5.41, 5.74) is 1.66. The van der Waals surface area contributed by atoms with Crippen molar-refractivity contribution in [2.24, 2.45) is 5.92 Å². The van der Waals surface area contributed by atoms with Gasteiger partial charge in [0.25, 0.3) is 5.91 Å². The molecule has 1 atom stereocenters. The number of anilines is 1. The summed E-state index contributed by atoms with van der Waals surface area (Å²) in [6, 6.07) is 5.39. The Kier molecular flexibility index (Phi) is 6.28. The Bertz CT molecular complexity index is 864. The number of nitrogens with one attached hydrogen (secondary N) is 1. The van der Waals surface area contributed by atoms with Crippen LogP contribution in [0.3, 0.4) is 0 Å². The molecule has 28 heavy (non-hydrogen) atoms. The molecule has 5 nitrogen and oxygen atoms in total. The second kappa shape index (κ2) is 8.68. The first-order chi connectivity index (χ1) is 13.4. The predicted molar refractivity (Wildman–Crippen MR) is 102 cm³/mol. The van der Waals surface area contributed by atoms with Crippen molar-refractivity contribution in [1.82, 2.24) is 0 Å². The van der Waals surface area contributed by atoms with Gasteiger partial charge in [0.2, 0.25) is 0 Å². The van der Waals surface area contributed by atoms with Crippen molar-refractivity contribution in [3.05, 3.63) is 45.8 Å². The minimum Gasteiger partial charge on any atom is -0.462 e. The number of hydrogen-bond acceptors (Lipinski definition) is 5. The fourth-order valence-electron chi connectivity index (χ4n) is 3.22. The van der Waals surface area contributed by atoms with E-state index in [0.29, 0.717) is 16.5 Å². The number of fused-ring (bicyclic) bond motifs is 1. The molecular weight excluding hydrogens is 388 g/mol. The molecule has 1 heterocycles. The van der Waals surface area contributed by atoms with Gasteiger partial charge < -0.3 is 14.8 Å². The summed E-state index contributed by atoms with van der Waals surface area (Å²) in [6.45, 7) is 1.22. The molecule has 0 bridgehead atoms. The molecule has 1 N–H and O–H groups in total. The number of esters is 1. The summed E-state index contributed by atoms with van der Waals surface area (Å²) in [4.78, 5) is 26.2. The minimum absolute atomic E-state index is 0.0284. The average molecular weight is 409 g/mol. The van der Waals surface area contributed by atoms with E-state index in [1.807, 2.05) is 0 Å². The lowest BCUT2D eigenvalue weighted by Gasteiger charge is -2.18. The Labute approximate surface area is 165 Å². The van der Waals surface area contributed by atoms with Gasteiger partial charge in [-0.2, -0.15) is 8.78 Å². The van der Waals surface area contributed by atoms with Gasteiger partial charge in [0, 0.05) is 10.4 Å². The van der Waals surface area contributed by atoms with Crippen molar-refractivity contribution in [3.63, 3.8) is 0 Å². The number of benzene rings is 1. The normalized spacial score (nSPS) is 15.8. The van der Waals surface area contributed by atoms with Crippen LogP contribution in [0.1, 0.15) is 51.4 Å². The zero-order chi connectivity index (χ0) is 20.3. The second-order valence-electron chi connectivity index (χ2n) is 6.63. The molecule has 1 aromatic heterocycles. The number of alkyl halides is 2. The standard InChI is InChI=1S/C20H21F2NO4S/c1-3-26-19(25)16-14-9-4-11(2)10-15(14)28-18(16)23-17(24)12-5-7-13(8-6-12)27-20(21)22/h5-8,11,20H,3-4,9-10H2,1-2H3,(H,23,24)/t11-/m1/s1. The lowest BCUT2D eigenvalue weighted by molar-refractivity contribution is -0.0498. The largest absolute Gasteiger partial charge is 0.462 e. The van der Waals surface area contributed by atoms with Crippen LogP contribution < -0.4 is 10.1 Å². The maximum absolute atomic E-state index is 12.6. The van der Waals surface area contributed by atoms with Gasteiger partial charge in [0.15, 0.2) is 0 Å². The smallest absolute Gasteiger partial charge is 0.387 e. The lowest BCUT2D eigenvalue weighted by atomic mass is 9.88. The highest BCUT2D eigenvalue weighted by atomic mass is 32.1. The van der Waals surface area contributed by atoms with Crippen LogP contribution >= 0.6 is 11.3 Å². The average Bonchev–Trinajstić information content (AvgIpc) is 2.98. The Morgan fingerprint density at radius 1 is 1.29 bits per heavy atom. The van der Waals surface area contributed by atoms with Crippen LogP contribution in [0.2, 0.25) is 0 Å². The summed E-state index contributed by atoms with van der Waals surface area (Å²) in [5.74, 6) is -0.377. The molecular formula is C20H21F2NO4S. The highest BCUT2D eigenvalue weighted by molar-refractivity contribution is 7.17. The van der Waals surface area contributed by atoms with Crippen LogP contribution in [0.5, 0.6) is 5.75 Å². The van der Waals surface area contributed by atoms with Crippen LogP contribution in [0.25, 0.3) is 0 Å². The molecule has 1 aliphatic carbocycles. The molecule has 1 amide bonds. The van der Waals surface area contributed by atoms with E-state index in [1.54, 1.807) is 6.92 Å². The Morgan fingerprint density at radius 2 is 2.00 bits per heavy atom. The first kappa shape index (κ1) is 20.3. The first-order valence-electron chi connectivity index (χ1n) is 9.06. The van der Waals surface area contributed by atoms with Crippen molar-refractivity contribution in [2.75, 3.05) is 11.9 Å². The van der Waals surface area contributed by atoms with Crippen molar-refractivity contribution in [2.45, 2.75) is 39.7 Å². The highest BCUT2D eigenvalue weighted by Gasteiger charge is 2.29. The first-order valence-corrected chi connectivity index (χ1v) is 9.88. The maximum Gasteiger partial charge on any atom is 0.387 e. The van der Waals surface area contributed by atoms with E-state index < -0.39 is 18.5 Å². The molecule has 0 unspecified atom stereocenters. The third-order valence-electron chi connectivity index (χ3n) is 4.56. The summed E-state index contributed by atoms with van der Waals surface area (Å²) in [5, 5.41) is 3.26. The second-order valence-corrected chi connectivity index (χ2v) is 7.74. The summed E-state index contributed by atoms with van der Waals surface area (Å²) >= 11 is 1.40. The number of hydrogen-bond donors (Lipinski definition) is 1. The number of carbonyl (C=O) groups is 2. The molecule has 150 valence electrons. The van der Waals surface area contributed by atoms with Crippen LogP contribution in [-0.4, -0.2) is 25.1 Å². The van der Waals surface area contributed by atoms with E-state index in [4.69, 9.17) is 4.74 Å². The number of halogens is 2. The van der Waals surface area contributed by atoms with Gasteiger partial charge >= 0.3 is 12.6 Å². The zero-order valence-corrected chi connectivity index (χ0v) is 16.4. The van der Waals surface area contributed by atoms with Crippen LogP contribution in [-0.2, 0) is 17.6 Å². The van der Waals surface area contributed by atoms with Crippen molar-refractivity contribution >= 4 is 28.2 Å². The third-order valence-corrected chi connectivity index (χ3v) is 5.73. The van der Waals surface area contributed by atoms with Gasteiger partial charge in [-0.25, -0.2) is 4.79 Å². The summed E-state index contributed by atoms with van der Waals surface area (Å²) in [7, 11) is 0. The fourth-order valence-corrected chi connectivity index (χ4v) is 4.61.